The minimum Gasteiger partial charge on any atom is -0.503 e. The lowest BCUT2D eigenvalue weighted by atomic mass is 10.1. The molecule has 0 aliphatic rings. The van der Waals surface area contributed by atoms with E-state index in [2.05, 4.69) is 5.18 Å². The van der Waals surface area contributed by atoms with Gasteiger partial charge < -0.3 is 5.11 Å². The minimum absolute atomic E-state index is 0.181. The van der Waals surface area contributed by atoms with Crippen molar-refractivity contribution in [2.24, 2.45) is 12.2 Å². The Morgan fingerprint density at radius 2 is 2.00 bits per heavy atom. The van der Waals surface area contributed by atoms with Gasteiger partial charge in [-0.15, -0.1) is 16.2 Å². The second kappa shape index (κ2) is 5.17. The summed E-state index contributed by atoms with van der Waals surface area (Å²) in [6, 6.07) is 11.3. The van der Waals surface area contributed by atoms with Crippen LogP contribution in [0.25, 0.3) is 21.8 Å². The zero-order chi connectivity index (χ0) is 16.0. The molecule has 0 radical (unpaired) electrons. The zero-order valence-electron chi connectivity index (χ0n) is 12.4. The summed E-state index contributed by atoms with van der Waals surface area (Å²) in [7, 11) is 1.86. The fraction of sp³-hybridized carbons (Fsp3) is 0.118. The van der Waals surface area contributed by atoms with Crippen LogP contribution in [0.1, 0.15) is 4.88 Å². The summed E-state index contributed by atoms with van der Waals surface area (Å²) in [6.07, 6.45) is 1.89. The molecule has 0 spiro atoms. The number of phenolic OH excluding ortho intramolecular Hbond substituents is 1. The van der Waals surface area contributed by atoms with Crippen LogP contribution in [0.3, 0.4) is 0 Å². The molecule has 0 fully saturated rings. The topological polar surface area (TPSA) is 58.5 Å². The van der Waals surface area contributed by atoms with Gasteiger partial charge in [0.25, 0.3) is 0 Å². The summed E-state index contributed by atoms with van der Waals surface area (Å²) in [5.41, 5.74) is 1.64. The number of rotatable bonds is 3. The highest BCUT2D eigenvalue weighted by molar-refractivity contribution is 7.09. The fourth-order valence-corrected chi connectivity index (χ4v) is 3.79. The number of thiophene rings is 1. The molecule has 0 unspecified atom stereocenters. The fourth-order valence-electron chi connectivity index (χ4n) is 3.09. The standard InChI is InChI=1S/C17H13N3O2S/c1-19-10-20(9-11-5-4-8-23-11)16-15(19)14(18-22)12-6-2-3-7-13(12)17(16)21/h2-8,10H,9H2,1H3/p+1. The highest BCUT2D eigenvalue weighted by Crippen LogP contribution is 2.40. The van der Waals surface area contributed by atoms with E-state index in [1.54, 1.807) is 17.4 Å². The molecule has 0 saturated heterocycles. The number of phenols is 1. The monoisotopic (exact) mass is 324 g/mol. The zero-order valence-corrected chi connectivity index (χ0v) is 13.2. The highest BCUT2D eigenvalue weighted by atomic mass is 32.1. The molecule has 6 heteroatoms. The predicted molar refractivity (Wildman–Crippen MR) is 91.2 cm³/mol. The summed E-state index contributed by atoms with van der Waals surface area (Å²) in [4.78, 5) is 12.6. The summed E-state index contributed by atoms with van der Waals surface area (Å²) in [5, 5.41) is 17.4. The van der Waals surface area contributed by atoms with Crippen molar-refractivity contribution in [2.45, 2.75) is 6.54 Å². The quantitative estimate of drug-likeness (QED) is 0.460. The van der Waals surface area contributed by atoms with Crippen molar-refractivity contribution in [3.63, 3.8) is 0 Å². The third-order valence-electron chi connectivity index (χ3n) is 4.06. The van der Waals surface area contributed by atoms with Crippen molar-refractivity contribution in [3.8, 4) is 5.75 Å². The maximum Gasteiger partial charge on any atom is 0.245 e. The van der Waals surface area contributed by atoms with E-state index in [4.69, 9.17) is 0 Å². The smallest absolute Gasteiger partial charge is 0.245 e. The van der Waals surface area contributed by atoms with E-state index in [1.807, 2.05) is 58.2 Å². The summed E-state index contributed by atoms with van der Waals surface area (Å²) in [6.45, 7) is 0.638. The minimum atomic E-state index is 0.181. The lowest BCUT2D eigenvalue weighted by molar-refractivity contribution is -0.645. The average Bonchev–Trinajstić information content (AvgIpc) is 3.17. The molecule has 1 N–H and O–H groups in total. The Labute approximate surface area is 136 Å². The Balaban J connectivity index is 2.11. The number of aromatic hydroxyl groups is 1. The van der Waals surface area contributed by atoms with Crippen LogP contribution in [0.15, 0.2) is 53.3 Å². The Kier molecular flexibility index (Phi) is 3.12. The van der Waals surface area contributed by atoms with Gasteiger partial charge in [0, 0.05) is 15.6 Å². The SMILES string of the molecule is C[n+]1cn(Cc2cccs2)c2c(O)c3ccccc3c(N=O)c21. The molecule has 0 bridgehead atoms. The third-order valence-corrected chi connectivity index (χ3v) is 4.92. The molecule has 0 aliphatic carbocycles. The van der Waals surface area contributed by atoms with E-state index in [9.17, 15) is 10.0 Å². The Bertz CT molecular complexity index is 1040. The van der Waals surface area contributed by atoms with E-state index in [1.165, 1.54) is 4.88 Å². The first-order valence-corrected chi connectivity index (χ1v) is 8.06. The van der Waals surface area contributed by atoms with E-state index < -0.39 is 0 Å². The number of aromatic nitrogens is 2. The van der Waals surface area contributed by atoms with Crippen molar-refractivity contribution in [1.82, 2.24) is 4.57 Å². The van der Waals surface area contributed by atoms with Crippen molar-refractivity contribution in [3.05, 3.63) is 57.9 Å². The molecule has 0 amide bonds. The van der Waals surface area contributed by atoms with Gasteiger partial charge in [0.1, 0.15) is 6.54 Å². The van der Waals surface area contributed by atoms with Crippen molar-refractivity contribution >= 4 is 38.8 Å². The Hall–Kier alpha value is -2.73. The van der Waals surface area contributed by atoms with Crippen LogP contribution >= 0.6 is 11.3 Å². The number of hydrogen-bond acceptors (Lipinski definition) is 4. The number of fused-ring (bicyclic) bond motifs is 2. The number of nitroso groups, excluding NO2 is 1. The van der Waals surface area contributed by atoms with Gasteiger partial charge in [0.15, 0.2) is 11.4 Å². The molecule has 0 atom stereocenters. The number of benzene rings is 2. The summed E-state index contributed by atoms with van der Waals surface area (Å²) >= 11 is 1.66. The van der Waals surface area contributed by atoms with Crippen LogP contribution in [-0.2, 0) is 13.6 Å². The van der Waals surface area contributed by atoms with Crippen molar-refractivity contribution < 1.29 is 9.67 Å². The first kappa shape index (κ1) is 13.9. The van der Waals surface area contributed by atoms with Crippen LogP contribution in [0, 0.1) is 4.91 Å². The maximum absolute atomic E-state index is 11.5. The van der Waals surface area contributed by atoms with E-state index in [0.29, 0.717) is 34.0 Å². The van der Waals surface area contributed by atoms with Gasteiger partial charge in [-0.25, -0.2) is 9.13 Å². The summed E-state index contributed by atoms with van der Waals surface area (Å²) < 4.78 is 3.80. The molecule has 23 heavy (non-hydrogen) atoms. The van der Waals surface area contributed by atoms with Gasteiger partial charge in [-0.3, -0.25) is 0 Å². The number of aryl methyl sites for hydroxylation is 1. The van der Waals surface area contributed by atoms with Gasteiger partial charge in [-0.05, 0) is 16.6 Å². The molecule has 4 aromatic rings. The summed E-state index contributed by atoms with van der Waals surface area (Å²) in [5.74, 6) is 0.181. The van der Waals surface area contributed by atoms with Gasteiger partial charge in [0.2, 0.25) is 17.4 Å². The Morgan fingerprint density at radius 1 is 1.22 bits per heavy atom. The number of nitrogens with zero attached hydrogens (tertiary/aromatic N) is 3. The molecule has 0 saturated carbocycles. The van der Waals surface area contributed by atoms with E-state index >= 15 is 0 Å². The van der Waals surface area contributed by atoms with Gasteiger partial charge in [-0.2, -0.15) is 0 Å². The molecule has 4 rings (SSSR count). The van der Waals surface area contributed by atoms with E-state index in [0.717, 1.165) is 0 Å². The molecule has 2 aromatic heterocycles. The lowest BCUT2D eigenvalue weighted by Gasteiger charge is -2.04. The first-order valence-electron chi connectivity index (χ1n) is 7.18. The highest BCUT2D eigenvalue weighted by Gasteiger charge is 2.26. The van der Waals surface area contributed by atoms with Crippen LogP contribution < -0.4 is 4.57 Å². The second-order valence-electron chi connectivity index (χ2n) is 5.46. The normalized spacial score (nSPS) is 11.3. The number of imidazole rings is 1. The predicted octanol–water partition coefficient (Wildman–Crippen LogP) is 3.83. The molecule has 114 valence electrons. The van der Waals surface area contributed by atoms with Gasteiger partial charge in [-0.1, -0.05) is 30.3 Å². The molecule has 0 aliphatic heterocycles. The molecule has 2 heterocycles. The van der Waals surface area contributed by atoms with Crippen molar-refractivity contribution in [1.29, 1.82) is 0 Å². The van der Waals surface area contributed by atoms with Gasteiger partial charge in [0.05, 0.1) is 7.05 Å². The van der Waals surface area contributed by atoms with Gasteiger partial charge >= 0.3 is 0 Å². The first-order chi connectivity index (χ1) is 11.2. The lowest BCUT2D eigenvalue weighted by Crippen LogP contribution is -2.25. The molecular formula is C17H14N3O2S+. The van der Waals surface area contributed by atoms with Crippen LogP contribution in [0.4, 0.5) is 5.69 Å². The molecular weight excluding hydrogens is 310 g/mol. The second-order valence-corrected chi connectivity index (χ2v) is 6.50. The maximum atomic E-state index is 11.5. The molecule has 5 nitrogen and oxygen atoms in total. The van der Waals surface area contributed by atoms with Crippen LogP contribution in [0.5, 0.6) is 5.75 Å². The third kappa shape index (κ3) is 2.03. The van der Waals surface area contributed by atoms with E-state index in [-0.39, 0.29) is 5.75 Å². The molecule has 2 aromatic carbocycles. The van der Waals surface area contributed by atoms with Crippen LogP contribution in [0.2, 0.25) is 0 Å². The largest absolute Gasteiger partial charge is 0.503 e. The van der Waals surface area contributed by atoms with Crippen molar-refractivity contribution in [2.75, 3.05) is 0 Å². The van der Waals surface area contributed by atoms with Crippen LogP contribution in [-0.4, -0.2) is 9.67 Å². The average molecular weight is 324 g/mol. The number of hydrogen-bond donors (Lipinski definition) is 1. The Morgan fingerprint density at radius 3 is 2.70 bits per heavy atom.